The summed E-state index contributed by atoms with van der Waals surface area (Å²) in [6, 6.07) is 5.09. The van der Waals surface area contributed by atoms with Crippen LogP contribution in [0.3, 0.4) is 0 Å². The van der Waals surface area contributed by atoms with Gasteiger partial charge in [-0.1, -0.05) is 24.8 Å². The van der Waals surface area contributed by atoms with Gasteiger partial charge in [0.05, 0.1) is 17.6 Å². The van der Waals surface area contributed by atoms with Gasteiger partial charge >= 0.3 is 0 Å². The average molecular weight is 407 g/mol. The van der Waals surface area contributed by atoms with Crippen molar-refractivity contribution in [3.05, 3.63) is 60.2 Å². The smallest absolute Gasteiger partial charge is 0.274 e. The van der Waals surface area contributed by atoms with Crippen molar-refractivity contribution in [2.24, 2.45) is 12.1 Å². The maximum atomic E-state index is 12.7. The molecule has 0 aliphatic carbocycles. The van der Waals surface area contributed by atoms with Crippen LogP contribution in [-0.4, -0.2) is 57.9 Å². The molecule has 3 heterocycles. The Morgan fingerprint density at radius 1 is 1.10 bits per heavy atom. The van der Waals surface area contributed by atoms with E-state index in [2.05, 4.69) is 32.4 Å². The molecule has 2 bridgehead atoms. The summed E-state index contributed by atoms with van der Waals surface area (Å²) in [6.45, 7) is 5.14. The van der Waals surface area contributed by atoms with Crippen molar-refractivity contribution >= 4 is 29.3 Å². The van der Waals surface area contributed by atoms with Crippen molar-refractivity contribution in [1.29, 1.82) is 0 Å². The van der Waals surface area contributed by atoms with E-state index in [9.17, 15) is 9.59 Å². The lowest BCUT2D eigenvalue weighted by atomic mass is 10.2. The molecule has 1 aliphatic rings. The minimum Gasteiger partial charge on any atom is -0.347 e. The Bertz CT molecular complexity index is 1010. The van der Waals surface area contributed by atoms with Crippen LogP contribution in [0.5, 0.6) is 0 Å². The van der Waals surface area contributed by atoms with Crippen LogP contribution >= 0.6 is 0 Å². The SMILES string of the molecule is C=C1/C=N\N(C)CCC/C=C/CNC(=O)c2nn(C)cc2NC(=O)c2cccc1n2. The van der Waals surface area contributed by atoms with E-state index < -0.39 is 5.91 Å². The van der Waals surface area contributed by atoms with Gasteiger partial charge in [-0.2, -0.15) is 10.2 Å². The predicted octanol–water partition coefficient (Wildman–Crippen LogP) is 2.08. The Balaban J connectivity index is 1.90. The zero-order valence-corrected chi connectivity index (χ0v) is 17.1. The summed E-state index contributed by atoms with van der Waals surface area (Å²) >= 11 is 0. The van der Waals surface area contributed by atoms with Crippen molar-refractivity contribution in [1.82, 2.24) is 25.1 Å². The largest absolute Gasteiger partial charge is 0.347 e. The Morgan fingerprint density at radius 3 is 2.73 bits per heavy atom. The van der Waals surface area contributed by atoms with Crippen LogP contribution in [-0.2, 0) is 7.05 Å². The molecule has 0 radical (unpaired) electrons. The molecule has 0 unspecified atom stereocenters. The third kappa shape index (κ3) is 5.40. The van der Waals surface area contributed by atoms with Gasteiger partial charge in [-0.3, -0.25) is 14.3 Å². The molecule has 0 saturated carbocycles. The quantitative estimate of drug-likeness (QED) is 0.651. The summed E-state index contributed by atoms with van der Waals surface area (Å²) in [5.74, 6) is -0.810. The summed E-state index contributed by atoms with van der Waals surface area (Å²) < 4.78 is 1.48. The molecule has 0 fully saturated rings. The molecule has 0 saturated heterocycles. The van der Waals surface area contributed by atoms with Crippen molar-refractivity contribution in [3.63, 3.8) is 0 Å². The number of pyridine rings is 1. The molecule has 2 aromatic rings. The number of allylic oxidation sites excluding steroid dienone is 2. The fraction of sp³-hybridized carbons (Fsp3) is 0.286. The number of carbonyl (C=O) groups excluding carboxylic acids is 2. The van der Waals surface area contributed by atoms with Crippen molar-refractivity contribution < 1.29 is 9.59 Å². The van der Waals surface area contributed by atoms with Gasteiger partial charge in [0.2, 0.25) is 0 Å². The van der Waals surface area contributed by atoms with Gasteiger partial charge in [0.25, 0.3) is 11.8 Å². The number of nitrogens with one attached hydrogen (secondary N) is 2. The molecule has 3 rings (SSSR count). The number of fused-ring (bicyclic) bond motifs is 3. The van der Waals surface area contributed by atoms with E-state index in [0.29, 0.717) is 23.5 Å². The van der Waals surface area contributed by atoms with Crippen LogP contribution in [0.4, 0.5) is 5.69 Å². The van der Waals surface area contributed by atoms with Gasteiger partial charge in [-0.15, -0.1) is 0 Å². The average Bonchev–Trinajstić information content (AvgIpc) is 3.10. The number of carbonyl (C=O) groups is 2. The second kappa shape index (κ2) is 9.64. The minimum atomic E-state index is -0.446. The first-order valence-corrected chi connectivity index (χ1v) is 9.63. The van der Waals surface area contributed by atoms with Crippen LogP contribution in [0.2, 0.25) is 0 Å². The minimum absolute atomic E-state index is 0.145. The maximum absolute atomic E-state index is 12.7. The number of hydrogen-bond donors (Lipinski definition) is 2. The van der Waals surface area contributed by atoms with Crippen LogP contribution in [0.1, 0.15) is 39.5 Å². The van der Waals surface area contributed by atoms with Gasteiger partial charge in [0.1, 0.15) is 5.69 Å². The summed E-state index contributed by atoms with van der Waals surface area (Å²) in [4.78, 5) is 29.6. The number of hydrogen-bond acceptors (Lipinski definition) is 6. The van der Waals surface area contributed by atoms with Gasteiger partial charge in [0.15, 0.2) is 5.69 Å². The summed E-state index contributed by atoms with van der Waals surface area (Å²) in [6.07, 6.45) is 8.91. The van der Waals surface area contributed by atoms with E-state index in [1.54, 1.807) is 37.7 Å². The lowest BCUT2D eigenvalue weighted by molar-refractivity contribution is 0.0953. The molecule has 2 aromatic heterocycles. The molecule has 9 heteroatoms. The Labute approximate surface area is 175 Å². The second-order valence-electron chi connectivity index (χ2n) is 6.90. The highest BCUT2D eigenvalue weighted by atomic mass is 16.2. The fourth-order valence-corrected chi connectivity index (χ4v) is 2.84. The first-order chi connectivity index (χ1) is 14.4. The molecular formula is C21H25N7O2. The molecule has 0 spiro atoms. The zero-order chi connectivity index (χ0) is 21.5. The van der Waals surface area contributed by atoms with Crippen LogP contribution in [0.25, 0.3) is 5.57 Å². The van der Waals surface area contributed by atoms with Crippen molar-refractivity contribution in [2.45, 2.75) is 12.8 Å². The molecule has 0 atom stereocenters. The highest BCUT2D eigenvalue weighted by molar-refractivity contribution is 6.09. The van der Waals surface area contributed by atoms with Crippen molar-refractivity contribution in [3.8, 4) is 0 Å². The molecule has 9 nitrogen and oxygen atoms in total. The molecule has 156 valence electrons. The normalized spacial score (nSPS) is 18.3. The lowest BCUT2D eigenvalue weighted by Crippen LogP contribution is -2.25. The molecular weight excluding hydrogens is 382 g/mol. The van der Waals surface area contributed by atoms with E-state index in [1.165, 1.54) is 4.68 Å². The van der Waals surface area contributed by atoms with E-state index in [1.807, 2.05) is 24.2 Å². The van der Waals surface area contributed by atoms with Crippen LogP contribution < -0.4 is 10.6 Å². The first kappa shape index (κ1) is 21.0. The number of aromatic nitrogens is 3. The van der Waals surface area contributed by atoms with Gasteiger partial charge in [-0.25, -0.2) is 4.98 Å². The second-order valence-corrected chi connectivity index (χ2v) is 6.90. The Morgan fingerprint density at radius 2 is 1.90 bits per heavy atom. The lowest BCUT2D eigenvalue weighted by Gasteiger charge is -2.12. The number of aryl methyl sites for hydroxylation is 1. The van der Waals surface area contributed by atoms with Gasteiger partial charge in [0, 0.05) is 39.0 Å². The maximum Gasteiger partial charge on any atom is 0.274 e. The van der Waals surface area contributed by atoms with E-state index >= 15 is 0 Å². The summed E-state index contributed by atoms with van der Waals surface area (Å²) in [5, 5.41) is 15.9. The molecule has 1 aliphatic heterocycles. The number of hydrazone groups is 1. The molecule has 0 aromatic carbocycles. The molecule has 2 N–H and O–H groups in total. The van der Waals surface area contributed by atoms with E-state index in [-0.39, 0.29) is 17.3 Å². The fourth-order valence-electron chi connectivity index (χ4n) is 2.84. The highest BCUT2D eigenvalue weighted by Crippen LogP contribution is 2.15. The summed E-state index contributed by atoms with van der Waals surface area (Å²) in [7, 11) is 3.57. The van der Waals surface area contributed by atoms with Gasteiger partial charge in [-0.05, 0) is 25.0 Å². The van der Waals surface area contributed by atoms with Gasteiger partial charge < -0.3 is 15.6 Å². The third-order valence-electron chi connectivity index (χ3n) is 4.41. The zero-order valence-electron chi connectivity index (χ0n) is 17.1. The predicted molar refractivity (Wildman–Crippen MR) is 116 cm³/mol. The van der Waals surface area contributed by atoms with Crippen molar-refractivity contribution in [2.75, 3.05) is 25.5 Å². The highest BCUT2D eigenvalue weighted by Gasteiger charge is 2.19. The number of amides is 2. The van der Waals surface area contributed by atoms with Crippen LogP contribution in [0, 0.1) is 0 Å². The number of rotatable bonds is 0. The standard InChI is InChI=1S/C21H25N7O2/c1-15-13-23-27(2)12-7-5-4-6-11-22-21(30)19-18(14-28(3)26-19)25-20(29)17-10-8-9-16(15)24-17/h4,6,8-10,13-14H,1,5,7,11-12H2,2-3H3,(H,22,30)(H,25,29)/b6-4+,23-13-. The molecule has 2 amide bonds. The molecule has 30 heavy (non-hydrogen) atoms. The first-order valence-electron chi connectivity index (χ1n) is 9.63. The van der Waals surface area contributed by atoms with E-state index in [4.69, 9.17) is 0 Å². The Hall–Kier alpha value is -3.75. The van der Waals surface area contributed by atoms with E-state index in [0.717, 1.165) is 19.4 Å². The summed E-state index contributed by atoms with van der Waals surface area (Å²) in [5.41, 5.74) is 1.80. The van der Waals surface area contributed by atoms with Crippen LogP contribution in [0.15, 0.2) is 48.2 Å². The number of nitrogens with zero attached hydrogens (tertiary/aromatic N) is 5. The monoisotopic (exact) mass is 407 g/mol. The number of anilines is 1. The Kier molecular flexibility index (Phi) is 6.74. The topological polar surface area (TPSA) is 105 Å². The third-order valence-corrected chi connectivity index (χ3v) is 4.41.